The Morgan fingerprint density at radius 2 is 1.97 bits per heavy atom. The molecule has 2 N–H and O–H groups in total. The molecular formula is C21H27N7O3. The monoisotopic (exact) mass is 425 g/mol. The standard InChI is InChI=1S/C21H27N7O3/c1-13(2)25-20(31)28-7-5-21(12-28)4-6-27-11-16(18(30)26-19(21)27)17(29)24-10-15-9-22-14(3)8-23-15/h8-9,11,13H,4-7,10,12H2,1-3H3,(H,24,29)(H,25,31)/t21-/m1/s1. The first-order valence-electron chi connectivity index (χ1n) is 10.5. The van der Waals surface area contributed by atoms with Crippen LogP contribution in [0.3, 0.4) is 0 Å². The van der Waals surface area contributed by atoms with E-state index in [4.69, 9.17) is 0 Å². The molecule has 164 valence electrons. The SMILES string of the molecule is Cc1cnc(CNC(=O)c2cn3c(nc2=O)[C@@]2(CCN(C(=O)NC(C)C)C2)CC3)cn1. The van der Waals surface area contributed by atoms with Gasteiger partial charge in [0.1, 0.15) is 11.4 Å². The van der Waals surface area contributed by atoms with Gasteiger partial charge in [-0.2, -0.15) is 4.98 Å². The maximum atomic E-state index is 12.7. The number of likely N-dealkylation sites (tertiary alicyclic amines) is 1. The van der Waals surface area contributed by atoms with Crippen molar-refractivity contribution in [3.63, 3.8) is 0 Å². The lowest BCUT2D eigenvalue weighted by Crippen LogP contribution is -2.43. The van der Waals surface area contributed by atoms with E-state index in [1.165, 1.54) is 0 Å². The maximum Gasteiger partial charge on any atom is 0.317 e. The van der Waals surface area contributed by atoms with Crippen LogP contribution >= 0.6 is 0 Å². The van der Waals surface area contributed by atoms with E-state index in [1.807, 2.05) is 25.3 Å². The van der Waals surface area contributed by atoms with Gasteiger partial charge in [0.05, 0.1) is 24.1 Å². The first-order valence-corrected chi connectivity index (χ1v) is 10.5. The average molecular weight is 425 g/mol. The second-order valence-corrected chi connectivity index (χ2v) is 8.61. The molecule has 2 aromatic rings. The average Bonchev–Trinajstić information content (AvgIpc) is 3.31. The molecule has 0 unspecified atom stereocenters. The molecule has 0 aliphatic carbocycles. The van der Waals surface area contributed by atoms with Crippen molar-refractivity contribution >= 4 is 11.9 Å². The molecule has 0 aromatic carbocycles. The number of carbonyl (C=O) groups is 2. The van der Waals surface area contributed by atoms with Crippen LogP contribution in [0.25, 0.3) is 0 Å². The van der Waals surface area contributed by atoms with E-state index < -0.39 is 11.5 Å². The number of urea groups is 1. The highest BCUT2D eigenvalue weighted by molar-refractivity contribution is 5.93. The highest BCUT2D eigenvalue weighted by Crippen LogP contribution is 2.41. The van der Waals surface area contributed by atoms with Gasteiger partial charge in [-0.15, -0.1) is 0 Å². The van der Waals surface area contributed by atoms with E-state index >= 15 is 0 Å². The minimum Gasteiger partial charge on any atom is -0.346 e. The van der Waals surface area contributed by atoms with Crippen LogP contribution in [0.15, 0.2) is 23.4 Å². The molecule has 1 atom stereocenters. The second-order valence-electron chi connectivity index (χ2n) is 8.61. The highest BCUT2D eigenvalue weighted by atomic mass is 16.2. The van der Waals surface area contributed by atoms with E-state index in [-0.39, 0.29) is 29.6 Å². The number of nitrogens with one attached hydrogen (secondary N) is 2. The molecule has 10 nitrogen and oxygen atoms in total. The Morgan fingerprint density at radius 1 is 1.19 bits per heavy atom. The fourth-order valence-corrected chi connectivity index (χ4v) is 4.24. The minimum absolute atomic E-state index is 0.00766. The highest BCUT2D eigenvalue weighted by Gasteiger charge is 2.47. The smallest absolute Gasteiger partial charge is 0.317 e. The van der Waals surface area contributed by atoms with E-state index in [2.05, 4.69) is 25.6 Å². The van der Waals surface area contributed by atoms with Gasteiger partial charge in [-0.05, 0) is 33.6 Å². The van der Waals surface area contributed by atoms with E-state index in [0.29, 0.717) is 31.2 Å². The molecule has 3 amide bonds. The number of rotatable bonds is 4. The normalized spacial score (nSPS) is 19.7. The van der Waals surface area contributed by atoms with Crippen molar-refractivity contribution in [2.24, 2.45) is 0 Å². The zero-order valence-corrected chi connectivity index (χ0v) is 18.0. The van der Waals surface area contributed by atoms with Crippen LogP contribution in [0.5, 0.6) is 0 Å². The van der Waals surface area contributed by atoms with Crippen molar-refractivity contribution in [1.29, 1.82) is 0 Å². The molecule has 0 bridgehead atoms. The summed E-state index contributed by atoms with van der Waals surface area (Å²) in [7, 11) is 0. The molecule has 1 spiro atoms. The van der Waals surface area contributed by atoms with Crippen molar-refractivity contribution < 1.29 is 9.59 Å². The molecule has 4 rings (SSSR count). The Kier molecular flexibility index (Phi) is 5.47. The molecule has 0 saturated carbocycles. The van der Waals surface area contributed by atoms with Gasteiger partial charge in [-0.25, -0.2) is 4.79 Å². The van der Waals surface area contributed by atoms with Gasteiger partial charge in [0.15, 0.2) is 0 Å². The number of amides is 3. The third-order valence-electron chi connectivity index (χ3n) is 5.86. The lowest BCUT2D eigenvalue weighted by atomic mass is 9.85. The molecule has 4 heterocycles. The number of nitrogens with zero attached hydrogens (tertiary/aromatic N) is 5. The Labute approximate surface area is 180 Å². The molecule has 2 aliphatic heterocycles. The van der Waals surface area contributed by atoms with Gasteiger partial charge < -0.3 is 20.1 Å². The minimum atomic E-state index is -0.551. The summed E-state index contributed by atoms with van der Waals surface area (Å²) in [6, 6.07) is -0.0319. The quantitative estimate of drug-likeness (QED) is 0.745. The van der Waals surface area contributed by atoms with Gasteiger partial charge >= 0.3 is 6.03 Å². The predicted molar refractivity (Wildman–Crippen MR) is 113 cm³/mol. The predicted octanol–water partition coefficient (Wildman–Crippen LogP) is 0.737. The summed E-state index contributed by atoms with van der Waals surface area (Å²) in [5.74, 6) is 0.179. The largest absolute Gasteiger partial charge is 0.346 e. The maximum absolute atomic E-state index is 12.7. The number of hydrogen-bond donors (Lipinski definition) is 2. The number of aryl methyl sites for hydroxylation is 2. The summed E-state index contributed by atoms with van der Waals surface area (Å²) in [6.07, 6.45) is 6.34. The Hall–Kier alpha value is -3.30. The van der Waals surface area contributed by atoms with Crippen molar-refractivity contribution in [3.05, 3.63) is 51.7 Å². The van der Waals surface area contributed by atoms with E-state index in [9.17, 15) is 14.4 Å². The van der Waals surface area contributed by atoms with Crippen molar-refractivity contribution in [2.75, 3.05) is 13.1 Å². The third-order valence-corrected chi connectivity index (χ3v) is 5.86. The second kappa shape index (κ2) is 8.09. The van der Waals surface area contributed by atoms with Gasteiger partial charge in [-0.3, -0.25) is 19.6 Å². The molecule has 1 fully saturated rings. The topological polar surface area (TPSA) is 122 Å². The van der Waals surface area contributed by atoms with Gasteiger partial charge in [-0.1, -0.05) is 0 Å². The van der Waals surface area contributed by atoms with Crippen LogP contribution in [-0.4, -0.2) is 55.5 Å². The van der Waals surface area contributed by atoms with Gasteiger partial charge in [0.25, 0.3) is 11.5 Å². The van der Waals surface area contributed by atoms with Crippen LogP contribution in [0.4, 0.5) is 4.79 Å². The zero-order valence-electron chi connectivity index (χ0n) is 18.0. The van der Waals surface area contributed by atoms with Crippen molar-refractivity contribution in [1.82, 2.24) is 35.1 Å². The van der Waals surface area contributed by atoms with Gasteiger partial charge in [0, 0.05) is 43.5 Å². The molecular weight excluding hydrogens is 398 g/mol. The molecule has 1 saturated heterocycles. The van der Waals surface area contributed by atoms with E-state index in [0.717, 1.165) is 18.5 Å². The fourth-order valence-electron chi connectivity index (χ4n) is 4.24. The number of hydrogen-bond acceptors (Lipinski definition) is 6. The summed E-state index contributed by atoms with van der Waals surface area (Å²) in [4.78, 5) is 52.1. The number of aromatic nitrogens is 4. The summed E-state index contributed by atoms with van der Waals surface area (Å²) < 4.78 is 1.88. The lowest BCUT2D eigenvalue weighted by Gasteiger charge is -2.24. The molecule has 31 heavy (non-hydrogen) atoms. The lowest BCUT2D eigenvalue weighted by molar-refractivity contribution is 0.0948. The summed E-state index contributed by atoms with van der Waals surface area (Å²) in [6.45, 7) is 7.66. The summed E-state index contributed by atoms with van der Waals surface area (Å²) in [5, 5.41) is 5.63. The van der Waals surface area contributed by atoms with Crippen molar-refractivity contribution in [2.45, 2.75) is 58.2 Å². The summed E-state index contributed by atoms with van der Waals surface area (Å²) in [5.41, 5.74) is 0.522. The molecule has 0 radical (unpaired) electrons. The van der Waals surface area contributed by atoms with Crippen LogP contribution in [-0.2, 0) is 18.5 Å². The molecule has 10 heteroatoms. The Bertz CT molecular complexity index is 1060. The third kappa shape index (κ3) is 4.14. The van der Waals surface area contributed by atoms with Crippen LogP contribution in [0.2, 0.25) is 0 Å². The summed E-state index contributed by atoms with van der Waals surface area (Å²) >= 11 is 0. The molecule has 2 aliphatic rings. The Balaban J connectivity index is 1.49. The van der Waals surface area contributed by atoms with Crippen LogP contribution in [0, 0.1) is 6.92 Å². The molecule has 2 aromatic heterocycles. The van der Waals surface area contributed by atoms with Crippen molar-refractivity contribution in [3.8, 4) is 0 Å². The number of carbonyl (C=O) groups excluding carboxylic acids is 2. The van der Waals surface area contributed by atoms with Crippen LogP contribution < -0.4 is 16.2 Å². The fraction of sp³-hybridized carbons (Fsp3) is 0.524. The van der Waals surface area contributed by atoms with Crippen LogP contribution in [0.1, 0.15) is 54.3 Å². The van der Waals surface area contributed by atoms with Gasteiger partial charge in [0.2, 0.25) is 0 Å². The van der Waals surface area contributed by atoms with E-state index in [1.54, 1.807) is 23.5 Å². The number of fused-ring (bicyclic) bond motifs is 2. The Morgan fingerprint density at radius 3 is 2.68 bits per heavy atom. The first kappa shape index (κ1) is 21.0. The first-order chi connectivity index (χ1) is 14.8. The zero-order chi connectivity index (χ0) is 22.2.